The van der Waals surface area contributed by atoms with Crippen LogP contribution in [0.3, 0.4) is 0 Å². The molecule has 0 fully saturated rings. The lowest BCUT2D eigenvalue weighted by atomic mass is 9.96. The molecule has 32 heavy (non-hydrogen) atoms. The summed E-state index contributed by atoms with van der Waals surface area (Å²) in [6, 6.07) is 17.6. The lowest BCUT2D eigenvalue weighted by Crippen LogP contribution is -2.31. The third-order valence-electron chi connectivity index (χ3n) is 6.03. The summed E-state index contributed by atoms with van der Waals surface area (Å²) in [7, 11) is 0. The third kappa shape index (κ3) is 3.22. The SMILES string of the molecule is Cc1ccc(-c2ccc3c(c2)N(c2nc(=N)n(C=N)c4cc(N)c(F)cc24)CCC3)cc1. The summed E-state index contributed by atoms with van der Waals surface area (Å²) in [4.78, 5) is 6.53. The first-order chi connectivity index (χ1) is 15.5. The molecule has 0 saturated carbocycles. The Labute approximate surface area is 184 Å². The smallest absolute Gasteiger partial charge is 0.229 e. The minimum absolute atomic E-state index is 0.0228. The molecular formula is C25H23FN6. The van der Waals surface area contributed by atoms with E-state index in [9.17, 15) is 4.39 Å². The van der Waals surface area contributed by atoms with Crippen LogP contribution in [0, 0.1) is 23.6 Å². The Morgan fingerprint density at radius 3 is 2.56 bits per heavy atom. The van der Waals surface area contributed by atoms with Gasteiger partial charge in [0.05, 0.1) is 17.5 Å². The van der Waals surface area contributed by atoms with Crippen molar-refractivity contribution in [2.24, 2.45) is 0 Å². The lowest BCUT2D eigenvalue weighted by Gasteiger charge is -2.32. The second-order valence-electron chi connectivity index (χ2n) is 8.11. The zero-order valence-corrected chi connectivity index (χ0v) is 17.7. The number of nitrogens with one attached hydrogen (secondary N) is 2. The maximum absolute atomic E-state index is 14.5. The van der Waals surface area contributed by atoms with Crippen LogP contribution in [0.1, 0.15) is 17.5 Å². The number of fused-ring (bicyclic) bond motifs is 2. The van der Waals surface area contributed by atoms with E-state index in [1.165, 1.54) is 27.8 Å². The molecule has 0 spiro atoms. The van der Waals surface area contributed by atoms with Crippen molar-refractivity contribution < 1.29 is 4.39 Å². The van der Waals surface area contributed by atoms with Crippen molar-refractivity contribution in [1.29, 1.82) is 10.8 Å². The number of halogens is 1. The Hall–Kier alpha value is -4.00. The van der Waals surface area contributed by atoms with Crippen LogP contribution in [-0.4, -0.2) is 22.4 Å². The van der Waals surface area contributed by atoms with E-state index in [1.54, 1.807) is 0 Å². The van der Waals surface area contributed by atoms with Gasteiger partial charge in [0.2, 0.25) is 5.62 Å². The van der Waals surface area contributed by atoms with Crippen molar-refractivity contribution in [3.05, 3.63) is 77.2 Å². The second-order valence-corrected chi connectivity index (χ2v) is 8.11. The first-order valence-corrected chi connectivity index (χ1v) is 10.5. The highest BCUT2D eigenvalue weighted by atomic mass is 19.1. The van der Waals surface area contributed by atoms with Crippen LogP contribution in [0.25, 0.3) is 22.0 Å². The van der Waals surface area contributed by atoms with E-state index >= 15 is 0 Å². The number of nitrogen functional groups attached to an aromatic ring is 1. The number of nitrogens with zero attached hydrogens (tertiary/aromatic N) is 3. The van der Waals surface area contributed by atoms with E-state index in [0.29, 0.717) is 23.3 Å². The Kier molecular flexibility index (Phi) is 4.74. The molecule has 4 N–H and O–H groups in total. The fourth-order valence-electron chi connectivity index (χ4n) is 4.34. The maximum atomic E-state index is 14.5. The molecule has 160 valence electrons. The van der Waals surface area contributed by atoms with Crippen LogP contribution >= 0.6 is 0 Å². The van der Waals surface area contributed by atoms with Crippen LogP contribution in [0.4, 0.5) is 21.6 Å². The molecule has 0 amide bonds. The topological polar surface area (TPSA) is 94.8 Å². The maximum Gasteiger partial charge on any atom is 0.229 e. The monoisotopic (exact) mass is 426 g/mol. The van der Waals surface area contributed by atoms with Gasteiger partial charge in [-0.25, -0.2) is 4.39 Å². The van der Waals surface area contributed by atoms with Gasteiger partial charge in [-0.05, 0) is 54.7 Å². The molecule has 0 aliphatic carbocycles. The van der Waals surface area contributed by atoms with Gasteiger partial charge in [-0.2, -0.15) is 4.98 Å². The largest absolute Gasteiger partial charge is 0.396 e. The third-order valence-corrected chi connectivity index (χ3v) is 6.03. The molecular weight excluding hydrogens is 403 g/mol. The molecule has 0 radical (unpaired) electrons. The number of aromatic nitrogens is 2. The van der Waals surface area contributed by atoms with E-state index in [1.807, 2.05) is 0 Å². The van der Waals surface area contributed by atoms with Crippen LogP contribution < -0.4 is 16.3 Å². The summed E-state index contributed by atoms with van der Waals surface area (Å²) >= 11 is 0. The quantitative estimate of drug-likeness (QED) is 0.251. The zero-order valence-electron chi connectivity index (χ0n) is 17.7. The highest BCUT2D eigenvalue weighted by Gasteiger charge is 2.23. The van der Waals surface area contributed by atoms with Crippen molar-refractivity contribution in [2.75, 3.05) is 17.2 Å². The van der Waals surface area contributed by atoms with Crippen molar-refractivity contribution in [2.45, 2.75) is 19.8 Å². The molecule has 1 aliphatic rings. The number of nitrogens with two attached hydrogens (primary N) is 1. The number of hydrogen-bond acceptors (Lipinski definition) is 5. The van der Waals surface area contributed by atoms with E-state index < -0.39 is 5.82 Å². The van der Waals surface area contributed by atoms with Crippen LogP contribution in [-0.2, 0) is 6.42 Å². The van der Waals surface area contributed by atoms with Gasteiger partial charge < -0.3 is 10.6 Å². The van der Waals surface area contributed by atoms with E-state index in [2.05, 4.69) is 59.3 Å². The fourth-order valence-corrected chi connectivity index (χ4v) is 4.34. The van der Waals surface area contributed by atoms with Crippen molar-refractivity contribution >= 4 is 34.4 Å². The molecule has 0 atom stereocenters. The summed E-state index contributed by atoms with van der Waals surface area (Å²) in [5.41, 5.74) is 11.8. The molecule has 5 rings (SSSR count). The summed E-state index contributed by atoms with van der Waals surface area (Å²) in [5.74, 6) is -0.0375. The molecule has 0 saturated heterocycles. The van der Waals surface area contributed by atoms with Gasteiger partial charge >= 0.3 is 0 Å². The van der Waals surface area contributed by atoms with Gasteiger partial charge in [0.15, 0.2) is 0 Å². The summed E-state index contributed by atoms with van der Waals surface area (Å²) in [6.07, 6.45) is 2.86. The molecule has 6 nitrogen and oxygen atoms in total. The first kappa shape index (κ1) is 19.9. The molecule has 3 aromatic carbocycles. The van der Waals surface area contributed by atoms with E-state index in [0.717, 1.165) is 36.0 Å². The highest BCUT2D eigenvalue weighted by molar-refractivity contribution is 5.96. The molecule has 2 heterocycles. The minimum Gasteiger partial charge on any atom is -0.396 e. The molecule has 7 heteroatoms. The predicted molar refractivity (Wildman–Crippen MR) is 126 cm³/mol. The predicted octanol–water partition coefficient (Wildman–Crippen LogP) is 4.75. The van der Waals surface area contributed by atoms with E-state index in [4.69, 9.17) is 16.6 Å². The van der Waals surface area contributed by atoms with Gasteiger partial charge in [-0.1, -0.05) is 42.0 Å². The van der Waals surface area contributed by atoms with Gasteiger partial charge in [-0.15, -0.1) is 0 Å². The second kappa shape index (κ2) is 7.60. The number of rotatable bonds is 3. The molecule has 1 aromatic heterocycles. The highest BCUT2D eigenvalue weighted by Crippen LogP contribution is 2.38. The summed E-state index contributed by atoms with van der Waals surface area (Å²) in [6.45, 7) is 2.77. The number of hydrogen-bond donors (Lipinski definition) is 3. The summed E-state index contributed by atoms with van der Waals surface area (Å²) in [5, 5.41) is 16.6. The number of aryl methyl sites for hydroxylation is 2. The Bertz CT molecular complexity index is 1420. The van der Waals surface area contributed by atoms with Crippen molar-refractivity contribution in [3.63, 3.8) is 0 Å². The van der Waals surface area contributed by atoms with Crippen molar-refractivity contribution in [3.8, 4) is 11.1 Å². The van der Waals surface area contributed by atoms with Gasteiger partial charge in [0, 0.05) is 17.6 Å². The van der Waals surface area contributed by atoms with Crippen LogP contribution in [0.2, 0.25) is 0 Å². The molecule has 4 aromatic rings. The van der Waals surface area contributed by atoms with Gasteiger partial charge in [0.25, 0.3) is 0 Å². The molecule has 0 unspecified atom stereocenters. The van der Waals surface area contributed by atoms with Crippen molar-refractivity contribution in [1.82, 2.24) is 9.55 Å². The minimum atomic E-state index is -0.541. The normalized spacial score (nSPS) is 13.2. The average molecular weight is 426 g/mol. The number of benzene rings is 3. The number of anilines is 3. The first-order valence-electron chi connectivity index (χ1n) is 10.5. The van der Waals surface area contributed by atoms with Crippen LogP contribution in [0.15, 0.2) is 54.6 Å². The average Bonchev–Trinajstić information content (AvgIpc) is 2.80. The zero-order chi connectivity index (χ0) is 22.4. The molecule has 1 aliphatic heterocycles. The Balaban J connectivity index is 1.73. The van der Waals surface area contributed by atoms with Crippen LogP contribution in [0.5, 0.6) is 0 Å². The lowest BCUT2D eigenvalue weighted by molar-refractivity contribution is 0.634. The molecule has 0 bridgehead atoms. The Morgan fingerprint density at radius 2 is 1.81 bits per heavy atom. The van der Waals surface area contributed by atoms with Gasteiger partial charge in [0.1, 0.15) is 11.6 Å². The van der Waals surface area contributed by atoms with Gasteiger partial charge in [-0.3, -0.25) is 15.4 Å². The standard InChI is InChI=1S/C25H23FN6/c1-15-4-6-16(7-5-15)18-9-8-17-3-2-10-31(22(17)11-18)24-19-12-20(26)21(28)13-23(19)32(14-27)25(29)30-24/h4-9,11-14,27,29H,2-3,10,28H2,1H3. The summed E-state index contributed by atoms with van der Waals surface area (Å²) < 4.78 is 15.8. The fraction of sp³-hybridized carbons (Fsp3) is 0.160. The van der Waals surface area contributed by atoms with E-state index in [-0.39, 0.29) is 11.3 Å². The Morgan fingerprint density at radius 1 is 1.06 bits per heavy atom.